The normalized spacial score (nSPS) is 21.7. The van der Waals surface area contributed by atoms with Crippen LogP contribution in [-0.4, -0.2) is 69.4 Å². The van der Waals surface area contributed by atoms with Gasteiger partial charge in [-0.1, -0.05) is 13.3 Å². The Labute approximate surface area is 187 Å². The van der Waals surface area contributed by atoms with Crippen LogP contribution < -0.4 is 10.1 Å². The van der Waals surface area contributed by atoms with Crippen LogP contribution >= 0.6 is 0 Å². The molecule has 7 nitrogen and oxygen atoms in total. The van der Waals surface area contributed by atoms with Crippen LogP contribution in [0.1, 0.15) is 62.7 Å². The van der Waals surface area contributed by atoms with Crippen molar-refractivity contribution in [3.8, 4) is 5.75 Å². The first-order chi connectivity index (χ1) is 14.8. The zero-order valence-electron chi connectivity index (χ0n) is 19.1. The molecule has 174 valence electrons. The molecule has 0 bridgehead atoms. The highest BCUT2D eigenvalue weighted by molar-refractivity contribution is 7.89. The summed E-state index contributed by atoms with van der Waals surface area (Å²) in [5.74, 6) is 0.830. The molecule has 2 saturated heterocycles. The van der Waals surface area contributed by atoms with Crippen LogP contribution in [0.4, 0.5) is 0 Å². The molecule has 0 aromatic heterocycles. The summed E-state index contributed by atoms with van der Waals surface area (Å²) in [6, 6.07) is 4.60. The number of amides is 1. The second kappa shape index (κ2) is 10.8. The number of carbonyl (C=O) groups excluding carboxylic acids is 1. The maximum atomic E-state index is 13.3. The van der Waals surface area contributed by atoms with E-state index in [9.17, 15) is 13.2 Å². The van der Waals surface area contributed by atoms with Gasteiger partial charge in [-0.2, -0.15) is 4.31 Å². The van der Waals surface area contributed by atoms with E-state index in [0.717, 1.165) is 51.2 Å². The lowest BCUT2D eigenvalue weighted by atomic mass is 9.99. The van der Waals surface area contributed by atoms with Crippen LogP contribution in [0.25, 0.3) is 0 Å². The van der Waals surface area contributed by atoms with Crippen LogP contribution in [0.5, 0.6) is 5.75 Å². The maximum Gasteiger partial charge on any atom is 0.251 e. The van der Waals surface area contributed by atoms with Crippen LogP contribution in [0.3, 0.4) is 0 Å². The predicted molar refractivity (Wildman–Crippen MR) is 122 cm³/mol. The summed E-state index contributed by atoms with van der Waals surface area (Å²) in [7, 11) is -2.28. The fourth-order valence-electron chi connectivity index (χ4n) is 4.47. The van der Waals surface area contributed by atoms with E-state index in [-0.39, 0.29) is 22.6 Å². The molecule has 3 rings (SSSR count). The van der Waals surface area contributed by atoms with E-state index in [1.165, 1.54) is 30.3 Å². The van der Waals surface area contributed by atoms with Gasteiger partial charge in [0, 0.05) is 24.7 Å². The van der Waals surface area contributed by atoms with Crippen molar-refractivity contribution in [2.75, 3.05) is 39.8 Å². The van der Waals surface area contributed by atoms with E-state index >= 15 is 0 Å². The second-order valence-electron chi connectivity index (χ2n) is 8.96. The van der Waals surface area contributed by atoms with Gasteiger partial charge in [0.05, 0.1) is 7.11 Å². The number of nitrogens with zero attached hydrogens (tertiary/aromatic N) is 2. The van der Waals surface area contributed by atoms with Gasteiger partial charge in [-0.15, -0.1) is 0 Å². The first-order valence-corrected chi connectivity index (χ1v) is 13.0. The molecular formula is C23H37N3O4S. The van der Waals surface area contributed by atoms with Crippen LogP contribution in [0.15, 0.2) is 23.1 Å². The van der Waals surface area contributed by atoms with Crippen LogP contribution in [-0.2, 0) is 10.0 Å². The molecule has 2 fully saturated rings. The quantitative estimate of drug-likeness (QED) is 0.615. The predicted octanol–water partition coefficient (Wildman–Crippen LogP) is 3.11. The summed E-state index contributed by atoms with van der Waals surface area (Å²) in [5, 5.41) is 2.94. The molecule has 1 atom stereocenters. The molecule has 1 aromatic rings. The Bertz CT molecular complexity index is 850. The highest BCUT2D eigenvalue weighted by atomic mass is 32.2. The molecule has 0 aliphatic carbocycles. The zero-order valence-corrected chi connectivity index (χ0v) is 19.9. The Hall–Kier alpha value is -1.64. The molecule has 0 radical (unpaired) electrons. The number of methoxy groups -OCH3 is 1. The highest BCUT2D eigenvalue weighted by Crippen LogP contribution is 2.31. The summed E-state index contributed by atoms with van der Waals surface area (Å²) in [5.41, 5.74) is 0.343. The average Bonchev–Trinajstić information content (AvgIpc) is 2.77. The zero-order chi connectivity index (χ0) is 22.4. The molecule has 0 saturated carbocycles. The molecule has 2 aliphatic heterocycles. The fraction of sp³-hybridized carbons (Fsp3) is 0.696. The molecule has 1 aromatic carbocycles. The Kier molecular flexibility index (Phi) is 8.36. The Morgan fingerprint density at radius 1 is 1.13 bits per heavy atom. The van der Waals surface area contributed by atoms with Crippen molar-refractivity contribution in [3.05, 3.63) is 23.8 Å². The molecular weight excluding hydrogens is 414 g/mol. The Balaban J connectivity index is 1.63. The maximum absolute atomic E-state index is 13.3. The standard InChI is InChI=1S/C23H37N3O4S/c1-18-10-15-25(16-11-18)13-6-12-24-23(27)20-8-9-21(30-3)22(17-20)31(28,29)26-14-5-4-7-19(26)2/h8-9,17-19H,4-7,10-16H2,1-3H3,(H,24,27). The van der Waals surface area contributed by atoms with E-state index in [0.29, 0.717) is 18.7 Å². The molecule has 1 unspecified atom stereocenters. The Morgan fingerprint density at radius 2 is 1.87 bits per heavy atom. The number of piperidine rings is 2. The summed E-state index contributed by atoms with van der Waals surface area (Å²) in [6.07, 6.45) is 6.09. The number of sulfonamides is 1. The minimum absolute atomic E-state index is 0.0567. The molecule has 8 heteroatoms. The van der Waals surface area contributed by atoms with E-state index < -0.39 is 10.0 Å². The van der Waals surface area contributed by atoms with Crippen LogP contribution in [0, 0.1) is 5.92 Å². The van der Waals surface area contributed by atoms with Crippen molar-refractivity contribution in [1.82, 2.24) is 14.5 Å². The summed E-state index contributed by atoms with van der Waals surface area (Å²) in [4.78, 5) is 15.2. The number of ether oxygens (including phenoxy) is 1. The lowest BCUT2D eigenvalue weighted by molar-refractivity contribution is 0.0950. The van der Waals surface area contributed by atoms with E-state index in [1.807, 2.05) is 6.92 Å². The van der Waals surface area contributed by atoms with Crippen molar-refractivity contribution < 1.29 is 17.9 Å². The number of hydrogen-bond acceptors (Lipinski definition) is 5. The van der Waals surface area contributed by atoms with Gasteiger partial charge in [-0.05, 0) is 82.8 Å². The molecule has 2 heterocycles. The monoisotopic (exact) mass is 451 g/mol. The van der Waals surface area contributed by atoms with E-state index in [4.69, 9.17) is 4.74 Å². The molecule has 0 spiro atoms. The molecule has 1 amide bonds. The van der Waals surface area contributed by atoms with E-state index in [2.05, 4.69) is 17.1 Å². The first kappa shape index (κ1) is 24.0. The third-order valence-electron chi connectivity index (χ3n) is 6.57. The number of nitrogens with one attached hydrogen (secondary N) is 1. The topological polar surface area (TPSA) is 79.0 Å². The van der Waals surface area contributed by atoms with Gasteiger partial charge in [0.25, 0.3) is 5.91 Å². The molecule has 2 aliphatic rings. The van der Waals surface area contributed by atoms with Crippen molar-refractivity contribution in [1.29, 1.82) is 0 Å². The summed E-state index contributed by atoms with van der Waals surface area (Å²) in [6.45, 7) is 8.53. The van der Waals surface area contributed by atoms with Crippen molar-refractivity contribution >= 4 is 15.9 Å². The van der Waals surface area contributed by atoms with Gasteiger partial charge in [0.1, 0.15) is 10.6 Å². The molecule has 1 N–H and O–H groups in total. The largest absolute Gasteiger partial charge is 0.495 e. The van der Waals surface area contributed by atoms with Gasteiger partial charge in [0.15, 0.2) is 0 Å². The van der Waals surface area contributed by atoms with Crippen molar-refractivity contribution in [2.24, 2.45) is 5.92 Å². The Morgan fingerprint density at radius 3 is 2.55 bits per heavy atom. The SMILES string of the molecule is COc1ccc(C(=O)NCCCN2CCC(C)CC2)cc1S(=O)(=O)N1CCCCC1C. The number of carbonyl (C=O) groups is 1. The van der Waals surface area contributed by atoms with Gasteiger partial charge in [-0.3, -0.25) is 4.79 Å². The van der Waals surface area contributed by atoms with Crippen molar-refractivity contribution in [2.45, 2.75) is 63.3 Å². The second-order valence-corrected chi connectivity index (χ2v) is 10.8. The minimum Gasteiger partial charge on any atom is -0.495 e. The van der Waals surface area contributed by atoms with Gasteiger partial charge in [0.2, 0.25) is 10.0 Å². The van der Waals surface area contributed by atoms with Gasteiger partial charge in [-0.25, -0.2) is 8.42 Å². The van der Waals surface area contributed by atoms with E-state index in [1.54, 1.807) is 12.1 Å². The van der Waals surface area contributed by atoms with Crippen molar-refractivity contribution in [3.63, 3.8) is 0 Å². The molecule has 31 heavy (non-hydrogen) atoms. The van der Waals surface area contributed by atoms with Gasteiger partial charge < -0.3 is 15.0 Å². The number of rotatable bonds is 8. The lowest BCUT2D eigenvalue weighted by Gasteiger charge is -2.32. The lowest BCUT2D eigenvalue weighted by Crippen LogP contribution is -2.42. The smallest absolute Gasteiger partial charge is 0.251 e. The summed E-state index contributed by atoms with van der Waals surface area (Å²) < 4.78 is 33.5. The first-order valence-electron chi connectivity index (χ1n) is 11.5. The third kappa shape index (κ3) is 5.99. The van der Waals surface area contributed by atoms with Crippen LogP contribution in [0.2, 0.25) is 0 Å². The summed E-state index contributed by atoms with van der Waals surface area (Å²) >= 11 is 0. The number of likely N-dealkylation sites (tertiary alicyclic amines) is 1. The fourth-order valence-corrected chi connectivity index (χ4v) is 6.35. The minimum atomic E-state index is -3.73. The third-order valence-corrected chi connectivity index (χ3v) is 8.60. The highest BCUT2D eigenvalue weighted by Gasteiger charge is 2.33. The average molecular weight is 452 g/mol. The number of benzene rings is 1. The number of hydrogen-bond donors (Lipinski definition) is 1. The van der Waals surface area contributed by atoms with Gasteiger partial charge >= 0.3 is 0 Å².